The summed E-state index contributed by atoms with van der Waals surface area (Å²) in [4.78, 5) is 0. The summed E-state index contributed by atoms with van der Waals surface area (Å²) in [6.07, 6.45) is 0. The van der Waals surface area contributed by atoms with Gasteiger partial charge in [-0.25, -0.2) is 13.2 Å². The highest BCUT2D eigenvalue weighted by Crippen LogP contribution is 2.31. The molecule has 0 spiro atoms. The van der Waals surface area contributed by atoms with Gasteiger partial charge in [0.2, 0.25) is 5.82 Å². The van der Waals surface area contributed by atoms with Gasteiger partial charge in [-0.3, -0.25) is 0 Å². The van der Waals surface area contributed by atoms with Crippen LogP contribution in [-0.4, -0.2) is 5.60 Å². The normalized spacial score (nSPS) is 11.8. The number of rotatable bonds is 1. The lowest BCUT2D eigenvalue weighted by atomic mass is 10.1. The molecule has 0 radical (unpaired) electrons. The highest BCUT2D eigenvalue weighted by molar-refractivity contribution is 5.34. The first-order valence-corrected chi connectivity index (χ1v) is 4.66. The van der Waals surface area contributed by atoms with Crippen LogP contribution < -0.4 is 4.74 Å². The number of halogens is 4. The standard InChI is InChI=1S/C11H12F4O/c1-5-6(12)8(14)9(15)10(7(5)13)16-11(2,3)4/h1-4H3. The van der Waals surface area contributed by atoms with E-state index in [1.54, 1.807) is 20.8 Å². The van der Waals surface area contributed by atoms with Gasteiger partial charge in [0.05, 0.1) is 0 Å². The summed E-state index contributed by atoms with van der Waals surface area (Å²) in [7, 11) is 0. The van der Waals surface area contributed by atoms with Crippen molar-refractivity contribution in [2.45, 2.75) is 33.3 Å². The van der Waals surface area contributed by atoms with Crippen molar-refractivity contribution in [3.05, 3.63) is 28.8 Å². The highest BCUT2D eigenvalue weighted by Gasteiger charge is 2.27. The third kappa shape index (κ3) is 2.28. The van der Waals surface area contributed by atoms with Gasteiger partial charge in [0.15, 0.2) is 23.2 Å². The smallest absolute Gasteiger partial charge is 0.206 e. The fraction of sp³-hybridized carbons (Fsp3) is 0.455. The predicted molar refractivity (Wildman–Crippen MR) is 51.4 cm³/mol. The van der Waals surface area contributed by atoms with Gasteiger partial charge in [0.1, 0.15) is 5.60 Å². The molecular weight excluding hydrogens is 224 g/mol. The molecular formula is C11H12F4O. The van der Waals surface area contributed by atoms with Crippen molar-refractivity contribution in [2.24, 2.45) is 0 Å². The lowest BCUT2D eigenvalue weighted by molar-refractivity contribution is 0.115. The average Bonchev–Trinajstić information content (AvgIpc) is 2.17. The molecule has 0 aromatic heterocycles. The minimum atomic E-state index is -1.72. The van der Waals surface area contributed by atoms with E-state index in [0.29, 0.717) is 0 Å². The molecule has 0 saturated heterocycles. The second-order valence-corrected chi connectivity index (χ2v) is 4.42. The summed E-state index contributed by atoms with van der Waals surface area (Å²) in [6.45, 7) is 5.65. The fourth-order valence-electron chi connectivity index (χ4n) is 1.12. The van der Waals surface area contributed by atoms with E-state index in [1.165, 1.54) is 0 Å². The second-order valence-electron chi connectivity index (χ2n) is 4.42. The molecule has 5 heteroatoms. The van der Waals surface area contributed by atoms with Gasteiger partial charge >= 0.3 is 0 Å². The first-order valence-electron chi connectivity index (χ1n) is 4.66. The van der Waals surface area contributed by atoms with Crippen LogP contribution in [0.1, 0.15) is 26.3 Å². The van der Waals surface area contributed by atoms with Gasteiger partial charge in [-0.2, -0.15) is 4.39 Å². The maximum absolute atomic E-state index is 13.5. The average molecular weight is 236 g/mol. The van der Waals surface area contributed by atoms with E-state index >= 15 is 0 Å². The summed E-state index contributed by atoms with van der Waals surface area (Å²) >= 11 is 0. The molecule has 0 aliphatic rings. The van der Waals surface area contributed by atoms with Gasteiger partial charge < -0.3 is 4.74 Å². The minimum Gasteiger partial charge on any atom is -0.482 e. The van der Waals surface area contributed by atoms with E-state index in [4.69, 9.17) is 4.74 Å². The molecule has 0 bridgehead atoms. The Labute approximate surface area is 91.0 Å². The Morgan fingerprint density at radius 2 is 1.31 bits per heavy atom. The SMILES string of the molecule is Cc1c(F)c(F)c(F)c(OC(C)(C)C)c1F. The molecule has 0 unspecified atom stereocenters. The Bertz CT molecular complexity index is 392. The zero-order valence-corrected chi connectivity index (χ0v) is 9.42. The molecule has 0 N–H and O–H groups in total. The van der Waals surface area contributed by atoms with Crippen LogP contribution in [0, 0.1) is 30.2 Å². The third-order valence-electron chi connectivity index (χ3n) is 1.85. The zero-order chi connectivity index (χ0) is 12.7. The quantitative estimate of drug-likeness (QED) is 0.410. The Kier molecular flexibility index (Phi) is 3.17. The van der Waals surface area contributed by atoms with Crippen LogP contribution in [0.15, 0.2) is 0 Å². The summed E-state index contributed by atoms with van der Waals surface area (Å²) in [6, 6.07) is 0. The summed E-state index contributed by atoms with van der Waals surface area (Å²) in [5.74, 6) is -7.00. The molecule has 1 aromatic carbocycles. The van der Waals surface area contributed by atoms with Crippen molar-refractivity contribution < 1.29 is 22.3 Å². The van der Waals surface area contributed by atoms with E-state index in [9.17, 15) is 17.6 Å². The zero-order valence-electron chi connectivity index (χ0n) is 9.42. The van der Waals surface area contributed by atoms with Crippen LogP contribution in [0.25, 0.3) is 0 Å². The van der Waals surface area contributed by atoms with E-state index < -0.39 is 40.2 Å². The van der Waals surface area contributed by atoms with Crippen molar-refractivity contribution in [2.75, 3.05) is 0 Å². The summed E-state index contributed by atoms with van der Waals surface area (Å²) < 4.78 is 57.6. The molecule has 1 rings (SSSR count). The van der Waals surface area contributed by atoms with Gasteiger partial charge in [-0.15, -0.1) is 0 Å². The number of benzene rings is 1. The van der Waals surface area contributed by atoms with Gasteiger partial charge in [-0.1, -0.05) is 0 Å². The van der Waals surface area contributed by atoms with Gasteiger partial charge in [0.25, 0.3) is 0 Å². The lowest BCUT2D eigenvalue weighted by Crippen LogP contribution is -2.25. The molecule has 0 atom stereocenters. The van der Waals surface area contributed by atoms with Crippen LogP contribution >= 0.6 is 0 Å². The van der Waals surface area contributed by atoms with Crippen molar-refractivity contribution >= 4 is 0 Å². The van der Waals surface area contributed by atoms with Crippen molar-refractivity contribution in [1.82, 2.24) is 0 Å². The van der Waals surface area contributed by atoms with Crippen LogP contribution in [0.4, 0.5) is 17.6 Å². The molecule has 0 amide bonds. The topological polar surface area (TPSA) is 9.23 Å². The molecule has 16 heavy (non-hydrogen) atoms. The van der Waals surface area contributed by atoms with Crippen molar-refractivity contribution in [1.29, 1.82) is 0 Å². The fourth-order valence-corrected chi connectivity index (χ4v) is 1.12. The Hall–Kier alpha value is -1.26. The van der Waals surface area contributed by atoms with Crippen molar-refractivity contribution in [3.8, 4) is 5.75 Å². The highest BCUT2D eigenvalue weighted by atomic mass is 19.2. The molecule has 90 valence electrons. The van der Waals surface area contributed by atoms with Crippen molar-refractivity contribution in [3.63, 3.8) is 0 Å². The monoisotopic (exact) mass is 236 g/mol. The Morgan fingerprint density at radius 1 is 0.812 bits per heavy atom. The molecule has 1 aromatic rings. The summed E-state index contributed by atoms with van der Waals surface area (Å²) in [5.41, 5.74) is -1.50. The molecule has 1 nitrogen and oxygen atoms in total. The van der Waals surface area contributed by atoms with E-state index in [0.717, 1.165) is 6.92 Å². The van der Waals surface area contributed by atoms with E-state index in [2.05, 4.69) is 0 Å². The van der Waals surface area contributed by atoms with Crippen LogP contribution in [-0.2, 0) is 0 Å². The van der Waals surface area contributed by atoms with Crippen LogP contribution in [0.2, 0.25) is 0 Å². The summed E-state index contributed by atoms with van der Waals surface area (Å²) in [5, 5.41) is 0. The van der Waals surface area contributed by atoms with E-state index in [-0.39, 0.29) is 0 Å². The first-order chi connectivity index (χ1) is 7.15. The van der Waals surface area contributed by atoms with Gasteiger partial charge in [-0.05, 0) is 27.7 Å². The molecule has 0 aliphatic carbocycles. The van der Waals surface area contributed by atoms with Gasteiger partial charge in [0, 0.05) is 5.56 Å². The number of hydrogen-bond donors (Lipinski definition) is 0. The number of ether oxygens (including phenoxy) is 1. The Morgan fingerprint density at radius 3 is 1.75 bits per heavy atom. The molecule has 0 heterocycles. The van der Waals surface area contributed by atoms with Crippen LogP contribution in [0.3, 0.4) is 0 Å². The molecule has 0 fully saturated rings. The first kappa shape index (κ1) is 12.8. The third-order valence-corrected chi connectivity index (χ3v) is 1.85. The minimum absolute atomic E-state index is 0.599. The molecule has 0 aliphatic heterocycles. The second kappa shape index (κ2) is 3.96. The van der Waals surface area contributed by atoms with E-state index in [1.807, 2.05) is 0 Å². The maximum Gasteiger partial charge on any atom is 0.206 e. The maximum atomic E-state index is 13.5. The largest absolute Gasteiger partial charge is 0.482 e. The lowest BCUT2D eigenvalue weighted by Gasteiger charge is -2.22. The molecule has 0 saturated carbocycles. The Balaban J connectivity index is 3.40. The number of hydrogen-bond acceptors (Lipinski definition) is 1. The predicted octanol–water partition coefficient (Wildman–Crippen LogP) is 3.73. The van der Waals surface area contributed by atoms with Crippen LogP contribution in [0.5, 0.6) is 5.75 Å².